The fourth-order valence-corrected chi connectivity index (χ4v) is 4.59. The topological polar surface area (TPSA) is 63.2 Å². The van der Waals surface area contributed by atoms with Crippen molar-refractivity contribution in [3.05, 3.63) is 65.7 Å². The average Bonchev–Trinajstić information content (AvgIpc) is 2.53. The Bertz CT molecular complexity index is 839. The number of sulfonamides is 1. The van der Waals surface area contributed by atoms with E-state index in [-0.39, 0.29) is 21.2 Å². The van der Waals surface area contributed by atoms with Gasteiger partial charge in [0.25, 0.3) is 0 Å². The lowest BCUT2D eigenvalue weighted by molar-refractivity contribution is -0.111. The lowest BCUT2D eigenvalue weighted by Gasteiger charge is -2.21. The van der Waals surface area contributed by atoms with Crippen LogP contribution in [0.3, 0.4) is 0 Å². The molecule has 0 saturated carbocycles. The number of aryl methyl sites for hydroxylation is 1. The van der Waals surface area contributed by atoms with Gasteiger partial charge in [-0.05, 0) is 24.6 Å². The van der Waals surface area contributed by atoms with Gasteiger partial charge in [0.05, 0.1) is 10.9 Å². The molecule has 140 valence electrons. The van der Waals surface area contributed by atoms with Gasteiger partial charge < -0.3 is 0 Å². The van der Waals surface area contributed by atoms with Crippen molar-refractivity contribution >= 4 is 26.9 Å². The first kappa shape index (κ1) is 20.7. The minimum Gasteiger partial charge on any atom is -0.287 e. The summed E-state index contributed by atoms with van der Waals surface area (Å²) < 4.78 is 28.0. The van der Waals surface area contributed by atoms with Crippen LogP contribution in [-0.2, 0) is 14.8 Å². The number of rotatable bonds is 6. The van der Waals surface area contributed by atoms with Crippen LogP contribution in [-0.4, -0.2) is 18.3 Å². The lowest BCUT2D eigenvalue weighted by Crippen LogP contribution is -2.30. The standard InChI is InChI=1S/C20H25NO3S2/c1-15-10-12-17(13-11-15)26(23,24)21-18(16-8-6-5-7-9-16)14-19(22)25-20(2,3)4/h5-13,18,21H,14H2,1-4H3/t18-/m1/s1. The number of nitrogens with one attached hydrogen (secondary N) is 1. The first-order chi connectivity index (χ1) is 12.1. The van der Waals surface area contributed by atoms with E-state index in [0.29, 0.717) is 0 Å². The van der Waals surface area contributed by atoms with Gasteiger partial charge in [0, 0.05) is 11.2 Å². The minimum absolute atomic E-state index is 0.0436. The Morgan fingerprint density at radius 2 is 1.62 bits per heavy atom. The van der Waals surface area contributed by atoms with Crippen molar-refractivity contribution in [2.75, 3.05) is 0 Å². The molecule has 0 aromatic heterocycles. The Labute approximate surface area is 160 Å². The Morgan fingerprint density at radius 1 is 1.04 bits per heavy atom. The molecule has 2 aromatic carbocycles. The van der Waals surface area contributed by atoms with E-state index in [9.17, 15) is 13.2 Å². The fourth-order valence-electron chi connectivity index (χ4n) is 2.44. The smallest absolute Gasteiger partial charge is 0.241 e. The molecule has 0 amide bonds. The van der Waals surface area contributed by atoms with Crippen LogP contribution in [0.5, 0.6) is 0 Å². The van der Waals surface area contributed by atoms with Gasteiger partial charge in [-0.3, -0.25) is 4.79 Å². The molecule has 2 rings (SSSR count). The van der Waals surface area contributed by atoms with Crippen molar-refractivity contribution in [1.29, 1.82) is 0 Å². The van der Waals surface area contributed by atoms with E-state index in [1.54, 1.807) is 24.3 Å². The Kier molecular flexibility index (Phi) is 6.66. The van der Waals surface area contributed by atoms with E-state index in [1.165, 1.54) is 11.8 Å². The molecule has 2 aromatic rings. The first-order valence-corrected chi connectivity index (χ1v) is 10.7. The molecule has 0 radical (unpaired) electrons. The molecule has 0 bridgehead atoms. The summed E-state index contributed by atoms with van der Waals surface area (Å²) in [5.41, 5.74) is 1.76. The summed E-state index contributed by atoms with van der Waals surface area (Å²) in [6, 6.07) is 15.3. The Morgan fingerprint density at radius 3 is 2.15 bits per heavy atom. The molecular weight excluding hydrogens is 366 g/mol. The first-order valence-electron chi connectivity index (χ1n) is 8.43. The van der Waals surface area contributed by atoms with Gasteiger partial charge >= 0.3 is 0 Å². The van der Waals surface area contributed by atoms with Gasteiger partial charge in [-0.1, -0.05) is 80.6 Å². The van der Waals surface area contributed by atoms with Crippen LogP contribution in [0, 0.1) is 6.92 Å². The molecular formula is C20H25NO3S2. The largest absolute Gasteiger partial charge is 0.287 e. The summed E-state index contributed by atoms with van der Waals surface area (Å²) in [4.78, 5) is 12.6. The summed E-state index contributed by atoms with van der Waals surface area (Å²) in [5.74, 6) is 0. The van der Waals surface area contributed by atoms with E-state index < -0.39 is 16.1 Å². The monoisotopic (exact) mass is 391 g/mol. The van der Waals surface area contributed by atoms with Crippen LogP contribution in [0.15, 0.2) is 59.5 Å². The second kappa shape index (κ2) is 8.37. The van der Waals surface area contributed by atoms with Crippen molar-refractivity contribution < 1.29 is 13.2 Å². The second-order valence-electron chi connectivity index (χ2n) is 7.19. The summed E-state index contributed by atoms with van der Waals surface area (Å²) in [6.45, 7) is 7.79. The predicted octanol–water partition coefficient (Wildman–Crippen LogP) is 4.46. The molecule has 4 nitrogen and oxygen atoms in total. The SMILES string of the molecule is Cc1ccc(S(=O)(=O)N[C@H](CC(=O)SC(C)(C)C)c2ccccc2)cc1. The minimum atomic E-state index is -3.73. The summed E-state index contributed by atoms with van der Waals surface area (Å²) in [5, 5.41) is -0.0436. The molecule has 0 aliphatic rings. The van der Waals surface area contributed by atoms with Gasteiger partial charge in [-0.25, -0.2) is 13.1 Å². The summed E-state index contributed by atoms with van der Waals surface area (Å²) in [6.07, 6.45) is 0.0943. The van der Waals surface area contributed by atoms with Crippen LogP contribution in [0.2, 0.25) is 0 Å². The molecule has 0 fully saturated rings. The molecule has 1 atom stereocenters. The number of thioether (sulfide) groups is 1. The van der Waals surface area contributed by atoms with E-state index in [4.69, 9.17) is 0 Å². The molecule has 6 heteroatoms. The number of hydrogen-bond donors (Lipinski definition) is 1. The van der Waals surface area contributed by atoms with Crippen LogP contribution >= 0.6 is 11.8 Å². The molecule has 0 heterocycles. The highest BCUT2D eigenvalue weighted by molar-refractivity contribution is 8.14. The van der Waals surface area contributed by atoms with Crippen LogP contribution in [0.4, 0.5) is 0 Å². The summed E-state index contributed by atoms with van der Waals surface area (Å²) in [7, 11) is -3.73. The molecule has 0 unspecified atom stereocenters. The zero-order valence-electron chi connectivity index (χ0n) is 15.5. The third-order valence-electron chi connectivity index (χ3n) is 3.62. The molecule has 0 spiro atoms. The van der Waals surface area contributed by atoms with Gasteiger partial charge in [0.2, 0.25) is 10.0 Å². The highest BCUT2D eigenvalue weighted by Crippen LogP contribution is 2.29. The predicted molar refractivity (Wildman–Crippen MR) is 108 cm³/mol. The van der Waals surface area contributed by atoms with E-state index in [0.717, 1.165) is 11.1 Å². The lowest BCUT2D eigenvalue weighted by atomic mass is 10.1. The molecule has 1 N–H and O–H groups in total. The van der Waals surface area contributed by atoms with Crippen LogP contribution in [0.1, 0.15) is 44.4 Å². The van der Waals surface area contributed by atoms with Gasteiger partial charge in [0.1, 0.15) is 0 Å². The van der Waals surface area contributed by atoms with E-state index in [2.05, 4.69) is 4.72 Å². The van der Waals surface area contributed by atoms with Gasteiger partial charge in [0.15, 0.2) is 5.12 Å². The fraction of sp³-hybridized carbons (Fsp3) is 0.350. The zero-order valence-corrected chi connectivity index (χ0v) is 17.2. The Hall–Kier alpha value is -1.63. The average molecular weight is 392 g/mol. The van der Waals surface area contributed by atoms with Crippen LogP contribution < -0.4 is 4.72 Å². The highest BCUT2D eigenvalue weighted by atomic mass is 32.2. The van der Waals surface area contributed by atoms with Gasteiger partial charge in [-0.2, -0.15) is 0 Å². The number of carbonyl (C=O) groups excluding carboxylic acids is 1. The molecule has 26 heavy (non-hydrogen) atoms. The van der Waals surface area contributed by atoms with Crippen molar-refractivity contribution in [2.24, 2.45) is 0 Å². The quantitative estimate of drug-likeness (QED) is 0.789. The third-order valence-corrected chi connectivity index (χ3v) is 6.12. The maximum atomic E-state index is 12.8. The van der Waals surface area contributed by atoms with E-state index >= 15 is 0 Å². The van der Waals surface area contributed by atoms with Crippen molar-refractivity contribution in [3.63, 3.8) is 0 Å². The highest BCUT2D eigenvalue weighted by Gasteiger charge is 2.26. The molecule has 0 saturated heterocycles. The zero-order chi connectivity index (χ0) is 19.4. The Balaban J connectivity index is 2.26. The maximum Gasteiger partial charge on any atom is 0.241 e. The number of benzene rings is 2. The molecule has 0 aliphatic carbocycles. The van der Waals surface area contributed by atoms with Crippen molar-refractivity contribution in [2.45, 2.75) is 49.8 Å². The summed E-state index contributed by atoms with van der Waals surface area (Å²) >= 11 is 1.23. The van der Waals surface area contributed by atoms with Gasteiger partial charge in [-0.15, -0.1) is 0 Å². The molecule has 0 aliphatic heterocycles. The van der Waals surface area contributed by atoms with E-state index in [1.807, 2.05) is 58.0 Å². The normalized spacial score (nSPS) is 13.4. The third kappa shape index (κ3) is 6.27. The maximum absolute atomic E-state index is 12.8. The van der Waals surface area contributed by atoms with Crippen molar-refractivity contribution in [1.82, 2.24) is 4.72 Å². The second-order valence-corrected chi connectivity index (χ2v) is 10.8. The van der Waals surface area contributed by atoms with Crippen LogP contribution in [0.25, 0.3) is 0 Å². The van der Waals surface area contributed by atoms with Crippen molar-refractivity contribution in [3.8, 4) is 0 Å². The number of hydrogen-bond acceptors (Lipinski definition) is 4. The number of carbonyl (C=O) groups is 1.